The molecule has 116 valence electrons. The minimum absolute atomic E-state index is 0.119. The Morgan fingerprint density at radius 1 is 1.09 bits per heavy atom. The molecule has 5 nitrogen and oxygen atoms in total. The number of carbonyl (C=O) groups excluding carboxylic acids is 2. The van der Waals surface area contributed by atoms with Gasteiger partial charge >= 0.3 is 0 Å². The van der Waals surface area contributed by atoms with Gasteiger partial charge in [0.1, 0.15) is 0 Å². The SMILES string of the molecule is O=C(c1ccc(N2CCCC2=O)cc1)N1C[C@H]2CNC[C@H]2C1. The molecular formula is C17H21N3O2. The molecule has 0 radical (unpaired) electrons. The Morgan fingerprint density at radius 2 is 1.77 bits per heavy atom. The van der Waals surface area contributed by atoms with Crippen LogP contribution in [0.2, 0.25) is 0 Å². The second-order valence-corrected chi connectivity index (χ2v) is 6.58. The number of carbonyl (C=O) groups is 2. The Bertz CT molecular complexity index is 586. The minimum Gasteiger partial charge on any atom is -0.338 e. The van der Waals surface area contributed by atoms with Crippen molar-refractivity contribution in [3.05, 3.63) is 29.8 Å². The fraction of sp³-hybridized carbons (Fsp3) is 0.529. The minimum atomic E-state index is 0.119. The average Bonchev–Trinajstić information content (AvgIpc) is 3.22. The Balaban J connectivity index is 1.46. The third-order valence-corrected chi connectivity index (χ3v) is 5.18. The van der Waals surface area contributed by atoms with Crippen molar-refractivity contribution < 1.29 is 9.59 Å². The molecule has 3 aliphatic rings. The van der Waals surface area contributed by atoms with Crippen LogP contribution in [0.3, 0.4) is 0 Å². The maximum Gasteiger partial charge on any atom is 0.253 e. The lowest BCUT2D eigenvalue weighted by Crippen LogP contribution is -2.32. The molecule has 3 saturated heterocycles. The second-order valence-electron chi connectivity index (χ2n) is 6.58. The smallest absolute Gasteiger partial charge is 0.253 e. The summed E-state index contributed by atoms with van der Waals surface area (Å²) in [5.74, 6) is 1.53. The Kier molecular flexibility index (Phi) is 3.37. The van der Waals surface area contributed by atoms with Gasteiger partial charge in [-0.25, -0.2) is 0 Å². The van der Waals surface area contributed by atoms with E-state index in [1.807, 2.05) is 29.2 Å². The number of benzene rings is 1. The number of fused-ring (bicyclic) bond motifs is 1. The lowest BCUT2D eigenvalue weighted by molar-refractivity contribution is -0.117. The normalized spacial score (nSPS) is 27.5. The maximum absolute atomic E-state index is 12.6. The molecule has 0 bridgehead atoms. The summed E-state index contributed by atoms with van der Waals surface area (Å²) in [6, 6.07) is 7.51. The van der Waals surface area contributed by atoms with Gasteiger partial charge in [0.2, 0.25) is 5.91 Å². The van der Waals surface area contributed by atoms with Crippen LogP contribution in [0.5, 0.6) is 0 Å². The summed E-state index contributed by atoms with van der Waals surface area (Å²) in [7, 11) is 0. The van der Waals surface area contributed by atoms with Gasteiger partial charge in [-0.05, 0) is 42.5 Å². The first kappa shape index (κ1) is 13.8. The van der Waals surface area contributed by atoms with E-state index in [1.165, 1.54) is 0 Å². The predicted octanol–water partition coefficient (Wildman–Crippen LogP) is 1.10. The second kappa shape index (κ2) is 5.39. The number of likely N-dealkylation sites (tertiary alicyclic amines) is 1. The predicted molar refractivity (Wildman–Crippen MR) is 83.8 cm³/mol. The van der Waals surface area contributed by atoms with Crippen LogP contribution in [0.4, 0.5) is 5.69 Å². The number of hydrogen-bond acceptors (Lipinski definition) is 3. The summed E-state index contributed by atoms with van der Waals surface area (Å²) in [4.78, 5) is 28.1. The highest BCUT2D eigenvalue weighted by molar-refractivity contribution is 5.97. The summed E-state index contributed by atoms with van der Waals surface area (Å²) >= 11 is 0. The number of amides is 2. The molecule has 2 amide bonds. The molecular weight excluding hydrogens is 278 g/mol. The molecule has 4 rings (SSSR count). The van der Waals surface area contributed by atoms with E-state index >= 15 is 0 Å². The van der Waals surface area contributed by atoms with Crippen molar-refractivity contribution in [1.82, 2.24) is 10.2 Å². The van der Waals surface area contributed by atoms with Crippen molar-refractivity contribution in [3.63, 3.8) is 0 Å². The number of hydrogen-bond donors (Lipinski definition) is 1. The molecule has 0 saturated carbocycles. The van der Waals surface area contributed by atoms with Crippen LogP contribution in [0.1, 0.15) is 23.2 Å². The lowest BCUT2D eigenvalue weighted by atomic mass is 10.0. The molecule has 1 aromatic carbocycles. The van der Waals surface area contributed by atoms with Gasteiger partial charge in [-0.1, -0.05) is 0 Å². The summed E-state index contributed by atoms with van der Waals surface area (Å²) in [5, 5.41) is 3.39. The highest BCUT2D eigenvalue weighted by atomic mass is 16.2. The van der Waals surface area contributed by atoms with E-state index < -0.39 is 0 Å². The van der Waals surface area contributed by atoms with Crippen molar-refractivity contribution in [1.29, 1.82) is 0 Å². The Morgan fingerprint density at radius 3 is 2.36 bits per heavy atom. The standard InChI is InChI=1S/C17H21N3O2/c21-16-2-1-7-20(16)15-5-3-12(4-6-15)17(22)19-10-13-8-18-9-14(13)11-19/h3-6,13-14,18H,1-2,7-11H2/t13-,14+. The van der Waals surface area contributed by atoms with Crippen LogP contribution in [0.15, 0.2) is 24.3 Å². The zero-order valence-electron chi connectivity index (χ0n) is 12.6. The van der Waals surface area contributed by atoms with Gasteiger partial charge in [0, 0.05) is 50.4 Å². The van der Waals surface area contributed by atoms with E-state index in [2.05, 4.69) is 5.32 Å². The molecule has 0 unspecified atom stereocenters. The fourth-order valence-corrected chi connectivity index (χ4v) is 3.91. The monoisotopic (exact) mass is 299 g/mol. The van der Waals surface area contributed by atoms with Crippen LogP contribution in [-0.4, -0.2) is 49.4 Å². The van der Waals surface area contributed by atoms with Crippen molar-refractivity contribution in [2.24, 2.45) is 11.8 Å². The van der Waals surface area contributed by atoms with Gasteiger partial charge in [0.05, 0.1) is 0 Å². The largest absolute Gasteiger partial charge is 0.338 e. The highest BCUT2D eigenvalue weighted by Crippen LogP contribution is 2.28. The van der Waals surface area contributed by atoms with Crippen molar-refractivity contribution in [3.8, 4) is 0 Å². The van der Waals surface area contributed by atoms with E-state index in [0.717, 1.165) is 50.4 Å². The first-order chi connectivity index (χ1) is 10.7. The molecule has 5 heteroatoms. The van der Waals surface area contributed by atoms with Gasteiger partial charge < -0.3 is 15.1 Å². The summed E-state index contributed by atoms with van der Waals surface area (Å²) in [5.41, 5.74) is 1.63. The molecule has 0 aromatic heterocycles. The van der Waals surface area contributed by atoms with Crippen molar-refractivity contribution in [2.75, 3.05) is 37.6 Å². The Hall–Kier alpha value is -1.88. The van der Waals surface area contributed by atoms with Crippen LogP contribution in [0.25, 0.3) is 0 Å². The topological polar surface area (TPSA) is 52.7 Å². The number of anilines is 1. The number of nitrogens with zero attached hydrogens (tertiary/aromatic N) is 2. The van der Waals surface area contributed by atoms with Gasteiger partial charge in [0.25, 0.3) is 5.91 Å². The summed E-state index contributed by atoms with van der Waals surface area (Å²) < 4.78 is 0. The molecule has 0 spiro atoms. The zero-order valence-corrected chi connectivity index (χ0v) is 12.6. The maximum atomic E-state index is 12.6. The van der Waals surface area contributed by atoms with Gasteiger partial charge in [-0.3, -0.25) is 9.59 Å². The third-order valence-electron chi connectivity index (χ3n) is 5.18. The molecule has 22 heavy (non-hydrogen) atoms. The first-order valence-corrected chi connectivity index (χ1v) is 8.13. The van der Waals surface area contributed by atoms with Crippen molar-refractivity contribution in [2.45, 2.75) is 12.8 Å². The third kappa shape index (κ3) is 2.29. The lowest BCUT2D eigenvalue weighted by Gasteiger charge is -2.19. The molecule has 3 fully saturated rings. The van der Waals surface area contributed by atoms with E-state index in [9.17, 15) is 9.59 Å². The van der Waals surface area contributed by atoms with E-state index in [0.29, 0.717) is 18.3 Å². The zero-order chi connectivity index (χ0) is 15.1. The highest BCUT2D eigenvalue weighted by Gasteiger charge is 2.38. The number of rotatable bonds is 2. The van der Waals surface area contributed by atoms with E-state index in [4.69, 9.17) is 0 Å². The summed E-state index contributed by atoms with van der Waals surface area (Å²) in [6.07, 6.45) is 1.55. The van der Waals surface area contributed by atoms with Crippen LogP contribution >= 0.6 is 0 Å². The quantitative estimate of drug-likeness (QED) is 0.890. The van der Waals surface area contributed by atoms with Gasteiger partial charge in [0.15, 0.2) is 0 Å². The molecule has 2 atom stereocenters. The van der Waals surface area contributed by atoms with Crippen LogP contribution in [-0.2, 0) is 4.79 Å². The molecule has 3 heterocycles. The average molecular weight is 299 g/mol. The number of nitrogens with one attached hydrogen (secondary N) is 1. The molecule has 1 N–H and O–H groups in total. The van der Waals surface area contributed by atoms with E-state index in [1.54, 1.807) is 4.90 Å². The van der Waals surface area contributed by atoms with Crippen molar-refractivity contribution >= 4 is 17.5 Å². The molecule has 1 aromatic rings. The fourth-order valence-electron chi connectivity index (χ4n) is 3.91. The molecule has 3 aliphatic heterocycles. The van der Waals surface area contributed by atoms with Gasteiger partial charge in [-0.2, -0.15) is 0 Å². The molecule has 0 aliphatic carbocycles. The van der Waals surface area contributed by atoms with Crippen LogP contribution < -0.4 is 10.2 Å². The Labute approximate surface area is 130 Å². The van der Waals surface area contributed by atoms with E-state index in [-0.39, 0.29) is 11.8 Å². The summed E-state index contributed by atoms with van der Waals surface area (Å²) in [6.45, 7) is 4.58. The van der Waals surface area contributed by atoms with Crippen LogP contribution in [0, 0.1) is 11.8 Å². The first-order valence-electron chi connectivity index (χ1n) is 8.13. The van der Waals surface area contributed by atoms with Gasteiger partial charge in [-0.15, -0.1) is 0 Å².